The third-order valence-electron chi connectivity index (χ3n) is 5.04. The van der Waals surface area contributed by atoms with E-state index in [1.54, 1.807) is 7.11 Å². The highest BCUT2D eigenvalue weighted by atomic mass is 16.5. The lowest BCUT2D eigenvalue weighted by Crippen LogP contribution is -2.50. The van der Waals surface area contributed by atoms with Gasteiger partial charge in [0, 0.05) is 5.69 Å². The van der Waals surface area contributed by atoms with Crippen molar-refractivity contribution in [2.45, 2.75) is 64.3 Å². The van der Waals surface area contributed by atoms with Gasteiger partial charge in [0.25, 0.3) is 0 Å². The third kappa shape index (κ3) is 4.43. The van der Waals surface area contributed by atoms with E-state index >= 15 is 0 Å². The Bertz CT molecular complexity index is 506. The second kappa shape index (κ2) is 8.95. The van der Waals surface area contributed by atoms with E-state index in [0.717, 1.165) is 50.0 Å². The van der Waals surface area contributed by atoms with Gasteiger partial charge in [-0.1, -0.05) is 33.1 Å². The molecule has 1 saturated carbocycles. The second-order valence-electron chi connectivity index (χ2n) is 6.70. The van der Waals surface area contributed by atoms with Crippen molar-refractivity contribution < 1.29 is 14.3 Å². The smallest absolute Gasteiger partial charge is 0.311 e. The molecule has 0 saturated heterocycles. The zero-order valence-electron chi connectivity index (χ0n) is 15.3. The van der Waals surface area contributed by atoms with E-state index < -0.39 is 0 Å². The summed E-state index contributed by atoms with van der Waals surface area (Å²) in [7, 11) is 1.67. The highest BCUT2D eigenvalue weighted by Crippen LogP contribution is 2.40. The minimum Gasteiger partial charge on any atom is -0.497 e. The third-order valence-corrected chi connectivity index (χ3v) is 5.04. The number of carbonyl (C=O) groups excluding carboxylic acids is 1. The molecule has 0 heterocycles. The van der Waals surface area contributed by atoms with E-state index in [4.69, 9.17) is 9.47 Å². The molecule has 1 atom stereocenters. The van der Waals surface area contributed by atoms with E-state index in [-0.39, 0.29) is 17.4 Å². The quantitative estimate of drug-likeness (QED) is 0.695. The first-order valence-corrected chi connectivity index (χ1v) is 9.24. The highest BCUT2D eigenvalue weighted by molar-refractivity contribution is 5.75. The number of hydrogen-bond acceptors (Lipinski definition) is 4. The zero-order chi connectivity index (χ0) is 17.4. The van der Waals surface area contributed by atoms with Gasteiger partial charge in [-0.3, -0.25) is 4.79 Å². The standard InChI is InChI=1S/C20H31NO3/c1-4-15-24-19(22)18(5-2)20(13-7-6-8-14-20)21-16-9-11-17(23-3)12-10-16/h9-12,18,21H,4-8,13-15H2,1-3H3. The van der Waals surface area contributed by atoms with Crippen LogP contribution in [0.15, 0.2) is 24.3 Å². The van der Waals surface area contributed by atoms with Gasteiger partial charge in [0.2, 0.25) is 0 Å². The molecule has 4 nitrogen and oxygen atoms in total. The minimum absolute atomic E-state index is 0.0535. The molecule has 1 aliphatic carbocycles. The molecule has 0 amide bonds. The van der Waals surface area contributed by atoms with Crippen LogP contribution in [0.4, 0.5) is 5.69 Å². The highest BCUT2D eigenvalue weighted by Gasteiger charge is 2.43. The average Bonchev–Trinajstić information content (AvgIpc) is 2.62. The maximum Gasteiger partial charge on any atom is 0.311 e. The Morgan fingerprint density at radius 2 is 1.83 bits per heavy atom. The van der Waals surface area contributed by atoms with Gasteiger partial charge in [0.1, 0.15) is 5.75 Å². The summed E-state index contributed by atoms with van der Waals surface area (Å²) in [5.74, 6) is 0.682. The number of esters is 1. The maximum absolute atomic E-state index is 12.6. The molecule has 24 heavy (non-hydrogen) atoms. The zero-order valence-corrected chi connectivity index (χ0v) is 15.3. The Hall–Kier alpha value is -1.71. The van der Waals surface area contributed by atoms with Crippen LogP contribution < -0.4 is 10.1 Å². The first kappa shape index (κ1) is 18.6. The van der Waals surface area contributed by atoms with Crippen LogP contribution in [0.5, 0.6) is 5.75 Å². The number of benzene rings is 1. The molecule has 1 aromatic carbocycles. The predicted octanol–water partition coefficient (Wildman–Crippen LogP) is 4.79. The fourth-order valence-electron chi connectivity index (χ4n) is 3.79. The van der Waals surface area contributed by atoms with Crippen LogP contribution >= 0.6 is 0 Å². The summed E-state index contributed by atoms with van der Waals surface area (Å²) >= 11 is 0. The van der Waals surface area contributed by atoms with Gasteiger partial charge in [-0.25, -0.2) is 0 Å². The molecule has 1 aromatic rings. The van der Waals surface area contributed by atoms with Crippen LogP contribution in [0, 0.1) is 5.92 Å². The molecule has 0 spiro atoms. The van der Waals surface area contributed by atoms with E-state index in [2.05, 4.69) is 12.2 Å². The van der Waals surface area contributed by atoms with Gasteiger partial charge in [-0.15, -0.1) is 0 Å². The SMILES string of the molecule is CCCOC(=O)C(CC)C1(Nc2ccc(OC)cc2)CCCCC1. The summed E-state index contributed by atoms with van der Waals surface area (Å²) in [6.45, 7) is 4.62. The molecule has 4 heteroatoms. The Morgan fingerprint density at radius 3 is 2.38 bits per heavy atom. The van der Waals surface area contributed by atoms with Crippen molar-refractivity contribution in [3.05, 3.63) is 24.3 Å². The number of ether oxygens (including phenoxy) is 2. The lowest BCUT2D eigenvalue weighted by atomic mass is 9.71. The summed E-state index contributed by atoms with van der Waals surface area (Å²) in [6.07, 6.45) is 7.23. The Labute approximate surface area is 145 Å². The molecule has 1 N–H and O–H groups in total. The number of nitrogens with one attached hydrogen (secondary N) is 1. The first-order valence-electron chi connectivity index (χ1n) is 9.24. The molecule has 2 rings (SSSR count). The molecule has 134 valence electrons. The van der Waals surface area contributed by atoms with Crippen molar-refractivity contribution in [2.24, 2.45) is 5.92 Å². The van der Waals surface area contributed by atoms with Crippen molar-refractivity contribution in [1.29, 1.82) is 0 Å². The Kier molecular flexibility index (Phi) is 6.95. The summed E-state index contributed by atoms with van der Waals surface area (Å²) in [4.78, 5) is 12.6. The largest absolute Gasteiger partial charge is 0.497 e. The molecule has 1 fully saturated rings. The first-order chi connectivity index (χ1) is 11.6. The van der Waals surface area contributed by atoms with Crippen molar-refractivity contribution in [1.82, 2.24) is 0 Å². The van der Waals surface area contributed by atoms with E-state index in [1.165, 1.54) is 6.42 Å². The van der Waals surface area contributed by atoms with Gasteiger partial charge >= 0.3 is 5.97 Å². The van der Waals surface area contributed by atoms with Crippen LogP contribution in [0.2, 0.25) is 0 Å². The van der Waals surface area contributed by atoms with Gasteiger partial charge in [0.15, 0.2) is 0 Å². The van der Waals surface area contributed by atoms with Crippen LogP contribution in [0.25, 0.3) is 0 Å². The van der Waals surface area contributed by atoms with Crippen LogP contribution in [-0.2, 0) is 9.53 Å². The van der Waals surface area contributed by atoms with Gasteiger partial charge in [-0.05, 0) is 49.9 Å². The fraction of sp³-hybridized carbons (Fsp3) is 0.650. The van der Waals surface area contributed by atoms with Crippen molar-refractivity contribution >= 4 is 11.7 Å². The summed E-state index contributed by atoms with van der Waals surface area (Å²) in [6, 6.07) is 7.96. The fourth-order valence-corrected chi connectivity index (χ4v) is 3.79. The van der Waals surface area contributed by atoms with Gasteiger partial charge < -0.3 is 14.8 Å². The number of carbonyl (C=O) groups is 1. The number of anilines is 1. The lowest BCUT2D eigenvalue weighted by Gasteiger charge is -2.43. The van der Waals surface area contributed by atoms with E-state index in [1.807, 2.05) is 31.2 Å². The number of methoxy groups -OCH3 is 1. The average molecular weight is 333 g/mol. The minimum atomic E-state index is -0.202. The summed E-state index contributed by atoms with van der Waals surface area (Å²) in [5, 5.41) is 3.70. The van der Waals surface area contributed by atoms with Crippen LogP contribution in [0.3, 0.4) is 0 Å². The molecular formula is C20H31NO3. The number of rotatable bonds is 8. The lowest BCUT2D eigenvalue weighted by molar-refractivity contribution is -0.151. The monoisotopic (exact) mass is 333 g/mol. The number of hydrogen-bond donors (Lipinski definition) is 1. The van der Waals surface area contributed by atoms with Gasteiger partial charge in [0.05, 0.1) is 25.2 Å². The molecule has 0 aliphatic heterocycles. The molecule has 0 radical (unpaired) electrons. The molecular weight excluding hydrogens is 302 g/mol. The summed E-state index contributed by atoms with van der Waals surface area (Å²) < 4.78 is 10.7. The van der Waals surface area contributed by atoms with Crippen molar-refractivity contribution in [3.8, 4) is 5.75 Å². The van der Waals surface area contributed by atoms with Crippen LogP contribution in [-0.4, -0.2) is 25.2 Å². The predicted molar refractivity (Wildman–Crippen MR) is 97.5 cm³/mol. The maximum atomic E-state index is 12.6. The summed E-state index contributed by atoms with van der Waals surface area (Å²) in [5.41, 5.74) is 0.839. The Morgan fingerprint density at radius 1 is 1.17 bits per heavy atom. The second-order valence-corrected chi connectivity index (χ2v) is 6.70. The van der Waals surface area contributed by atoms with E-state index in [9.17, 15) is 4.79 Å². The van der Waals surface area contributed by atoms with E-state index in [0.29, 0.717) is 6.61 Å². The van der Waals surface area contributed by atoms with Gasteiger partial charge in [-0.2, -0.15) is 0 Å². The molecule has 1 aliphatic rings. The van der Waals surface area contributed by atoms with Crippen LogP contribution in [0.1, 0.15) is 58.8 Å². The molecule has 0 aromatic heterocycles. The molecule has 1 unspecified atom stereocenters. The van der Waals surface area contributed by atoms with Crippen molar-refractivity contribution in [2.75, 3.05) is 19.0 Å². The van der Waals surface area contributed by atoms with Crippen molar-refractivity contribution in [3.63, 3.8) is 0 Å². The molecule has 0 bridgehead atoms. The topological polar surface area (TPSA) is 47.6 Å². The normalized spacial score (nSPS) is 17.8. The Balaban J connectivity index is 2.21.